The molecule has 0 N–H and O–H groups in total. The van der Waals surface area contributed by atoms with Gasteiger partial charge >= 0.3 is 6.18 Å². The van der Waals surface area contributed by atoms with Crippen LogP contribution in [0, 0.1) is 5.82 Å². The second-order valence-electron chi connectivity index (χ2n) is 8.87. The average molecular weight is 458 g/mol. The zero-order valence-electron chi connectivity index (χ0n) is 18.5. The molecule has 2 nitrogen and oxygen atoms in total. The molecule has 1 aliphatic rings. The van der Waals surface area contributed by atoms with E-state index in [0.29, 0.717) is 23.3 Å². The molecule has 1 saturated heterocycles. The van der Waals surface area contributed by atoms with Gasteiger partial charge in [-0.2, -0.15) is 13.2 Å². The predicted molar refractivity (Wildman–Crippen MR) is 121 cm³/mol. The summed E-state index contributed by atoms with van der Waals surface area (Å²) in [7, 11) is 2.09. The third kappa shape index (κ3) is 5.63. The lowest BCUT2D eigenvalue weighted by molar-refractivity contribution is -0.137. The Hall–Kier alpha value is -2.70. The van der Waals surface area contributed by atoms with Crippen LogP contribution >= 0.6 is 0 Å². The number of piperidine rings is 1. The first-order valence-corrected chi connectivity index (χ1v) is 11.0. The maximum Gasteiger partial charge on any atom is 0.416 e. The number of rotatable bonds is 6. The van der Waals surface area contributed by atoms with Crippen molar-refractivity contribution in [2.24, 2.45) is 0 Å². The fourth-order valence-electron chi connectivity index (χ4n) is 4.49. The average Bonchev–Trinajstić information content (AvgIpc) is 2.80. The van der Waals surface area contributed by atoms with E-state index in [2.05, 4.69) is 24.1 Å². The van der Waals surface area contributed by atoms with Crippen LogP contribution in [0.25, 0.3) is 11.1 Å². The number of hydrogen-bond donors (Lipinski definition) is 0. The van der Waals surface area contributed by atoms with Gasteiger partial charge in [-0.3, -0.25) is 0 Å². The van der Waals surface area contributed by atoms with Crippen LogP contribution in [0.1, 0.15) is 29.5 Å². The molecule has 3 aromatic carbocycles. The molecule has 0 atom stereocenters. The Morgan fingerprint density at radius 1 is 0.879 bits per heavy atom. The normalized spacial score (nSPS) is 16.6. The lowest BCUT2D eigenvalue weighted by Crippen LogP contribution is -2.43. The highest BCUT2D eigenvalue weighted by molar-refractivity contribution is 5.65. The quantitative estimate of drug-likeness (QED) is 0.382. The summed E-state index contributed by atoms with van der Waals surface area (Å²) in [5.74, 6) is -0.491. The first kappa shape index (κ1) is 23.5. The fraction of sp³-hybridized carbons (Fsp3) is 0.333. The Labute approximate surface area is 191 Å². The topological polar surface area (TPSA) is 12.5 Å². The Morgan fingerprint density at radius 2 is 1.61 bits per heavy atom. The molecule has 6 heteroatoms. The molecule has 1 heterocycles. The summed E-state index contributed by atoms with van der Waals surface area (Å²) in [6.07, 6.45) is -2.66. The van der Waals surface area contributed by atoms with E-state index in [1.165, 1.54) is 23.8 Å². The smallest absolute Gasteiger partial charge is 0.376 e. The number of benzene rings is 3. The molecule has 33 heavy (non-hydrogen) atoms. The van der Waals surface area contributed by atoms with Crippen molar-refractivity contribution in [3.8, 4) is 11.1 Å². The fourth-order valence-corrected chi connectivity index (χ4v) is 4.49. The number of ether oxygens (including phenoxy) is 1. The lowest BCUT2D eigenvalue weighted by Gasteiger charge is -2.41. The van der Waals surface area contributed by atoms with Crippen LogP contribution in [0.3, 0.4) is 0 Å². The molecule has 0 spiro atoms. The van der Waals surface area contributed by atoms with E-state index >= 15 is 0 Å². The summed E-state index contributed by atoms with van der Waals surface area (Å²) in [6.45, 7) is 2.35. The van der Waals surface area contributed by atoms with Gasteiger partial charge in [0.1, 0.15) is 5.82 Å². The van der Waals surface area contributed by atoms with Crippen LogP contribution in [0.15, 0.2) is 72.8 Å². The van der Waals surface area contributed by atoms with Gasteiger partial charge in [0.15, 0.2) is 0 Å². The van der Waals surface area contributed by atoms with Crippen molar-refractivity contribution < 1.29 is 22.3 Å². The molecule has 174 valence electrons. The standard InChI is InChI=1S/C27H27F4NO/c1-32-12-10-26(11-13-32,23-7-3-2-4-8-23)19-33-18-20-14-22(16-24(15-20)27(29,30)31)21-6-5-9-25(28)17-21/h2-9,14-17H,10-13,18-19H2,1H3. The maximum atomic E-state index is 13.7. The minimum absolute atomic E-state index is 0.0522. The first-order valence-electron chi connectivity index (χ1n) is 11.0. The summed E-state index contributed by atoms with van der Waals surface area (Å²) < 4.78 is 60.4. The number of halogens is 4. The highest BCUT2D eigenvalue weighted by Crippen LogP contribution is 2.37. The van der Waals surface area contributed by atoms with Gasteiger partial charge in [-0.05, 0) is 85.6 Å². The van der Waals surface area contributed by atoms with E-state index in [9.17, 15) is 17.6 Å². The van der Waals surface area contributed by atoms with Crippen LogP contribution in [0.5, 0.6) is 0 Å². The molecule has 1 fully saturated rings. The van der Waals surface area contributed by atoms with E-state index in [4.69, 9.17) is 4.74 Å². The van der Waals surface area contributed by atoms with E-state index in [0.717, 1.165) is 38.1 Å². The third-order valence-electron chi connectivity index (χ3n) is 6.46. The largest absolute Gasteiger partial charge is 0.416 e. The number of hydrogen-bond acceptors (Lipinski definition) is 2. The maximum absolute atomic E-state index is 13.7. The van der Waals surface area contributed by atoms with Gasteiger partial charge in [0, 0.05) is 5.41 Å². The van der Waals surface area contributed by atoms with Crippen molar-refractivity contribution in [3.63, 3.8) is 0 Å². The molecule has 1 aliphatic heterocycles. The van der Waals surface area contributed by atoms with Crippen LogP contribution in [-0.4, -0.2) is 31.6 Å². The molecule has 0 saturated carbocycles. The Morgan fingerprint density at radius 3 is 2.27 bits per heavy atom. The number of nitrogens with zero attached hydrogens (tertiary/aromatic N) is 1. The molecule has 0 amide bonds. The van der Waals surface area contributed by atoms with Crippen molar-refractivity contribution in [2.75, 3.05) is 26.7 Å². The Balaban J connectivity index is 1.57. The molecule has 0 aromatic heterocycles. The second-order valence-corrected chi connectivity index (χ2v) is 8.87. The van der Waals surface area contributed by atoms with Crippen molar-refractivity contribution in [2.45, 2.75) is 31.0 Å². The molecule has 4 rings (SSSR count). The summed E-state index contributed by atoms with van der Waals surface area (Å²) in [4.78, 5) is 2.28. The van der Waals surface area contributed by atoms with Crippen molar-refractivity contribution in [1.29, 1.82) is 0 Å². The molecular weight excluding hydrogens is 430 g/mol. The van der Waals surface area contributed by atoms with Gasteiger partial charge in [0.2, 0.25) is 0 Å². The Kier molecular flexibility index (Phi) is 6.86. The highest BCUT2D eigenvalue weighted by atomic mass is 19.4. The van der Waals surface area contributed by atoms with Crippen LogP contribution in [-0.2, 0) is 22.9 Å². The summed E-state index contributed by atoms with van der Waals surface area (Å²) in [5.41, 5.74) is 1.40. The van der Waals surface area contributed by atoms with Crippen LogP contribution < -0.4 is 0 Å². The minimum Gasteiger partial charge on any atom is -0.376 e. The van der Waals surface area contributed by atoms with Crippen molar-refractivity contribution in [3.05, 3.63) is 95.3 Å². The van der Waals surface area contributed by atoms with Gasteiger partial charge in [-0.25, -0.2) is 4.39 Å². The zero-order valence-corrected chi connectivity index (χ0v) is 18.5. The van der Waals surface area contributed by atoms with Gasteiger partial charge < -0.3 is 9.64 Å². The van der Waals surface area contributed by atoms with E-state index in [1.807, 2.05) is 18.2 Å². The summed E-state index contributed by atoms with van der Waals surface area (Å²) >= 11 is 0. The van der Waals surface area contributed by atoms with E-state index < -0.39 is 17.6 Å². The van der Waals surface area contributed by atoms with Gasteiger partial charge in [-0.15, -0.1) is 0 Å². The van der Waals surface area contributed by atoms with Crippen LogP contribution in [0.2, 0.25) is 0 Å². The third-order valence-corrected chi connectivity index (χ3v) is 6.46. The van der Waals surface area contributed by atoms with Crippen molar-refractivity contribution >= 4 is 0 Å². The van der Waals surface area contributed by atoms with Crippen LogP contribution in [0.4, 0.5) is 17.6 Å². The van der Waals surface area contributed by atoms with Gasteiger partial charge in [0.05, 0.1) is 18.8 Å². The zero-order chi connectivity index (χ0) is 23.5. The lowest BCUT2D eigenvalue weighted by atomic mass is 9.73. The molecule has 0 aliphatic carbocycles. The second kappa shape index (κ2) is 9.65. The van der Waals surface area contributed by atoms with Gasteiger partial charge in [-0.1, -0.05) is 42.5 Å². The first-order chi connectivity index (χ1) is 15.7. The predicted octanol–water partition coefficient (Wildman–Crippen LogP) is 6.69. The summed E-state index contributed by atoms with van der Waals surface area (Å²) in [5, 5.41) is 0. The SMILES string of the molecule is CN1CCC(COCc2cc(-c3cccc(F)c3)cc(C(F)(F)F)c2)(c2ccccc2)CC1. The van der Waals surface area contributed by atoms with Crippen molar-refractivity contribution in [1.82, 2.24) is 4.90 Å². The Bertz CT molecular complexity index is 1070. The van der Waals surface area contributed by atoms with E-state index in [1.54, 1.807) is 12.1 Å². The molecule has 0 unspecified atom stereocenters. The number of alkyl halides is 3. The molecule has 3 aromatic rings. The minimum atomic E-state index is -4.50. The molecule has 0 bridgehead atoms. The molecule has 0 radical (unpaired) electrons. The monoisotopic (exact) mass is 457 g/mol. The highest BCUT2D eigenvalue weighted by Gasteiger charge is 2.36. The number of likely N-dealkylation sites (tertiary alicyclic amines) is 1. The van der Waals surface area contributed by atoms with E-state index in [-0.39, 0.29) is 12.0 Å². The van der Waals surface area contributed by atoms with Gasteiger partial charge in [0.25, 0.3) is 0 Å². The molecular formula is C27H27F4NO. The summed E-state index contributed by atoms with van der Waals surface area (Å²) in [6, 6.07) is 19.6.